The van der Waals surface area contributed by atoms with Crippen LogP contribution in [0.3, 0.4) is 0 Å². The molecule has 0 bridgehead atoms. The molecule has 2 heterocycles. The van der Waals surface area contributed by atoms with Crippen molar-refractivity contribution in [2.75, 3.05) is 11.1 Å². The maximum Gasteiger partial charge on any atom is 0.390 e. The van der Waals surface area contributed by atoms with Crippen molar-refractivity contribution in [3.05, 3.63) is 43.7 Å². The summed E-state index contributed by atoms with van der Waals surface area (Å²) in [5.74, 6) is -0.0527. The van der Waals surface area contributed by atoms with Crippen LogP contribution < -0.4 is 0 Å². The highest BCUT2D eigenvalue weighted by atomic mass is 79.9. The molecule has 2 rings (SSSR count). The molecule has 0 radical (unpaired) electrons. The standard InChI is InChI=1S/C8H11N3O4S.C6H8BrN3O3/c1-6(13)16-3-2-10-7(5-12)4-8(9-10)11(14)15;7-1-2-9-5(4-11)3-6(8-9)10(12)13/h4,12H,2-3,5H2,1H3;3,11H,1-2,4H2. The molecule has 2 aromatic rings. The molecule has 2 aromatic heterocycles. The lowest BCUT2D eigenvalue weighted by Crippen LogP contribution is -2.08. The molecule has 0 spiro atoms. The molecule has 160 valence electrons. The van der Waals surface area contributed by atoms with E-state index in [0.29, 0.717) is 35.6 Å². The van der Waals surface area contributed by atoms with Gasteiger partial charge in [0.05, 0.1) is 60.0 Å². The van der Waals surface area contributed by atoms with Crippen molar-refractivity contribution in [3.8, 4) is 0 Å². The van der Waals surface area contributed by atoms with Crippen molar-refractivity contribution in [1.82, 2.24) is 19.6 Å². The molecular weight excluding hydrogens is 476 g/mol. The zero-order valence-corrected chi connectivity index (χ0v) is 17.7. The van der Waals surface area contributed by atoms with Crippen LogP contribution in [0.2, 0.25) is 0 Å². The van der Waals surface area contributed by atoms with E-state index in [2.05, 4.69) is 26.1 Å². The van der Waals surface area contributed by atoms with Gasteiger partial charge in [0.15, 0.2) is 5.12 Å². The zero-order valence-electron chi connectivity index (χ0n) is 15.3. The van der Waals surface area contributed by atoms with Crippen LogP contribution in [0, 0.1) is 20.2 Å². The van der Waals surface area contributed by atoms with Crippen LogP contribution in [0.1, 0.15) is 18.3 Å². The minimum absolute atomic E-state index is 0.0211. The molecule has 13 nitrogen and oxygen atoms in total. The fourth-order valence-corrected chi connectivity index (χ4v) is 2.94. The second-order valence-electron chi connectivity index (χ2n) is 5.29. The van der Waals surface area contributed by atoms with Crippen molar-refractivity contribution in [3.63, 3.8) is 0 Å². The number of carbonyl (C=O) groups is 1. The van der Waals surface area contributed by atoms with Gasteiger partial charge in [-0.05, 0) is 9.85 Å². The number of nitrogens with zero attached hydrogens (tertiary/aromatic N) is 6. The quantitative estimate of drug-likeness (QED) is 0.292. The zero-order chi connectivity index (χ0) is 22.0. The predicted octanol–water partition coefficient (Wildman–Crippen LogP) is 1.24. The Morgan fingerprint density at radius 1 is 1.07 bits per heavy atom. The highest BCUT2D eigenvalue weighted by molar-refractivity contribution is 9.09. The molecule has 0 aliphatic rings. The Bertz CT molecular complexity index is 856. The number of hydrogen-bond acceptors (Lipinski definition) is 10. The van der Waals surface area contributed by atoms with Gasteiger partial charge in [-0.15, -0.1) is 0 Å². The lowest BCUT2D eigenvalue weighted by atomic mass is 10.4. The predicted molar refractivity (Wildman–Crippen MR) is 107 cm³/mol. The van der Waals surface area contributed by atoms with Gasteiger partial charge >= 0.3 is 11.6 Å². The Labute approximate surface area is 177 Å². The number of thioether (sulfide) groups is 1. The van der Waals surface area contributed by atoms with E-state index in [-0.39, 0.29) is 30.0 Å². The number of rotatable bonds is 9. The van der Waals surface area contributed by atoms with Gasteiger partial charge in [-0.2, -0.15) is 9.36 Å². The van der Waals surface area contributed by atoms with Crippen molar-refractivity contribution in [2.24, 2.45) is 0 Å². The maximum atomic E-state index is 10.7. The molecule has 0 saturated carbocycles. The molecule has 0 amide bonds. The normalized spacial score (nSPS) is 10.3. The molecular formula is C14H19BrN6O7S. The van der Waals surface area contributed by atoms with Crippen LogP contribution in [0.15, 0.2) is 12.1 Å². The minimum Gasteiger partial charge on any atom is -0.390 e. The maximum absolute atomic E-state index is 10.7. The first-order valence-electron chi connectivity index (χ1n) is 8.06. The molecule has 0 unspecified atom stereocenters. The van der Waals surface area contributed by atoms with Gasteiger partial charge in [0.1, 0.15) is 0 Å². The van der Waals surface area contributed by atoms with E-state index in [4.69, 9.17) is 10.2 Å². The van der Waals surface area contributed by atoms with E-state index in [0.717, 1.165) is 11.8 Å². The van der Waals surface area contributed by atoms with Crippen LogP contribution in [0.25, 0.3) is 0 Å². The Morgan fingerprint density at radius 3 is 1.86 bits per heavy atom. The SMILES string of the molecule is CC(=O)SCCn1nc([N+](=O)[O-])cc1CO.O=[N+]([O-])c1cc(CO)n(CCBr)n1. The highest BCUT2D eigenvalue weighted by Gasteiger charge is 2.17. The van der Waals surface area contributed by atoms with Gasteiger partial charge in [-0.1, -0.05) is 27.7 Å². The summed E-state index contributed by atoms with van der Waals surface area (Å²) in [6.07, 6.45) is 0. The fraction of sp³-hybridized carbons (Fsp3) is 0.500. The van der Waals surface area contributed by atoms with Gasteiger partial charge in [0.2, 0.25) is 0 Å². The van der Waals surface area contributed by atoms with Crippen molar-refractivity contribution < 1.29 is 24.9 Å². The number of aromatic nitrogens is 4. The molecule has 0 saturated heterocycles. The Balaban J connectivity index is 0.000000296. The van der Waals surface area contributed by atoms with Crippen molar-refractivity contribution >= 4 is 44.4 Å². The van der Waals surface area contributed by atoms with Crippen LogP contribution in [-0.2, 0) is 31.1 Å². The number of hydrogen-bond donors (Lipinski definition) is 2. The summed E-state index contributed by atoms with van der Waals surface area (Å²) < 4.78 is 2.75. The number of halogens is 1. The molecule has 0 aliphatic heterocycles. The molecule has 0 atom stereocenters. The summed E-state index contributed by atoms with van der Waals surface area (Å²) in [6, 6.07) is 2.49. The van der Waals surface area contributed by atoms with Crippen molar-refractivity contribution in [2.45, 2.75) is 33.2 Å². The topological polar surface area (TPSA) is 179 Å². The largest absolute Gasteiger partial charge is 0.390 e. The van der Waals surface area contributed by atoms with Gasteiger partial charge in [0.25, 0.3) is 0 Å². The summed E-state index contributed by atoms with van der Waals surface area (Å²) in [4.78, 5) is 30.3. The van der Waals surface area contributed by atoms with Crippen LogP contribution in [0.5, 0.6) is 0 Å². The first kappa shape index (κ1) is 24.7. The Hall–Kier alpha value is -2.36. The number of aliphatic hydroxyl groups excluding tert-OH is 2. The van der Waals surface area contributed by atoms with Gasteiger partial charge in [-0.25, -0.2) is 0 Å². The molecule has 29 heavy (non-hydrogen) atoms. The van der Waals surface area contributed by atoms with E-state index < -0.39 is 9.85 Å². The second-order valence-corrected chi connectivity index (χ2v) is 7.36. The Kier molecular flexibility index (Phi) is 10.4. The van der Waals surface area contributed by atoms with Crippen LogP contribution in [0.4, 0.5) is 11.6 Å². The third-order valence-corrected chi connectivity index (χ3v) is 4.45. The smallest absolute Gasteiger partial charge is 0.390 e. The fourth-order valence-electron chi connectivity index (χ4n) is 2.06. The monoisotopic (exact) mass is 494 g/mol. The molecule has 0 fully saturated rings. The van der Waals surface area contributed by atoms with E-state index in [1.807, 2.05) is 0 Å². The van der Waals surface area contributed by atoms with Gasteiger partial charge in [-0.3, -0.25) is 4.79 Å². The lowest BCUT2D eigenvalue weighted by molar-refractivity contribution is -0.390. The summed E-state index contributed by atoms with van der Waals surface area (Å²) >= 11 is 4.30. The first-order valence-corrected chi connectivity index (χ1v) is 10.2. The van der Waals surface area contributed by atoms with Gasteiger partial charge < -0.3 is 30.4 Å². The molecule has 2 N–H and O–H groups in total. The average molecular weight is 495 g/mol. The van der Waals surface area contributed by atoms with Crippen molar-refractivity contribution in [1.29, 1.82) is 0 Å². The third-order valence-electron chi connectivity index (χ3n) is 3.30. The van der Waals surface area contributed by atoms with Gasteiger partial charge in [0, 0.05) is 18.0 Å². The number of nitro groups is 2. The third kappa shape index (κ3) is 7.88. The summed E-state index contributed by atoms with van der Waals surface area (Å²) in [7, 11) is 0. The molecule has 0 aliphatic carbocycles. The number of aryl methyl sites for hydroxylation is 2. The van der Waals surface area contributed by atoms with E-state index in [1.54, 1.807) is 0 Å². The summed E-state index contributed by atoms with van der Waals surface area (Å²) in [5.41, 5.74) is 0.821. The lowest BCUT2D eigenvalue weighted by Gasteiger charge is -1.98. The van der Waals surface area contributed by atoms with E-state index in [1.165, 1.54) is 28.4 Å². The molecule has 0 aromatic carbocycles. The van der Waals surface area contributed by atoms with Crippen LogP contribution >= 0.6 is 27.7 Å². The second kappa shape index (κ2) is 12.3. The number of aliphatic hydroxyl groups is 2. The number of carbonyl (C=O) groups excluding carboxylic acids is 1. The minimum atomic E-state index is -0.617. The first-order chi connectivity index (χ1) is 13.7. The number of alkyl halides is 1. The van der Waals surface area contributed by atoms with E-state index in [9.17, 15) is 25.0 Å². The van der Waals surface area contributed by atoms with Crippen LogP contribution in [-0.4, -0.2) is 55.8 Å². The Morgan fingerprint density at radius 2 is 1.52 bits per heavy atom. The average Bonchev–Trinajstić information content (AvgIpc) is 3.26. The summed E-state index contributed by atoms with van der Waals surface area (Å²) in [6.45, 7) is 1.75. The highest BCUT2D eigenvalue weighted by Crippen LogP contribution is 2.13. The van der Waals surface area contributed by atoms with E-state index >= 15 is 0 Å². The molecule has 15 heteroatoms. The summed E-state index contributed by atoms with van der Waals surface area (Å²) in [5, 5.41) is 46.6.